The third-order valence-corrected chi connectivity index (χ3v) is 3.09. The van der Waals surface area contributed by atoms with Gasteiger partial charge in [-0.15, -0.1) is 0 Å². The fraction of sp³-hybridized carbons (Fsp3) is 0.429. The van der Waals surface area contributed by atoms with Crippen molar-refractivity contribution < 1.29 is 19.1 Å². The van der Waals surface area contributed by atoms with E-state index in [2.05, 4.69) is 10.6 Å². The summed E-state index contributed by atoms with van der Waals surface area (Å²) < 4.78 is 10.1. The van der Waals surface area contributed by atoms with Crippen LogP contribution in [0.4, 0.5) is 0 Å². The van der Waals surface area contributed by atoms with E-state index in [1.807, 2.05) is 0 Å². The molecule has 122 valence electrons. The molecule has 0 atom stereocenters. The molecule has 0 bridgehead atoms. The van der Waals surface area contributed by atoms with Gasteiger partial charge in [-0.3, -0.25) is 9.59 Å². The van der Waals surface area contributed by atoms with E-state index in [1.54, 1.807) is 12.1 Å². The summed E-state index contributed by atoms with van der Waals surface area (Å²) in [4.78, 5) is 22.8. The summed E-state index contributed by atoms with van der Waals surface area (Å²) in [6.45, 7) is 0.859. The molecule has 0 aromatic heterocycles. The molecule has 1 aromatic rings. The van der Waals surface area contributed by atoms with Gasteiger partial charge < -0.3 is 20.1 Å². The number of halogens is 2. The number of benzene rings is 1. The van der Waals surface area contributed by atoms with Crippen molar-refractivity contribution in [2.75, 3.05) is 33.4 Å². The van der Waals surface area contributed by atoms with Crippen LogP contribution < -0.4 is 15.4 Å². The second-order valence-corrected chi connectivity index (χ2v) is 5.15. The number of hydrogen-bond donors (Lipinski definition) is 2. The van der Waals surface area contributed by atoms with E-state index in [4.69, 9.17) is 32.7 Å². The molecule has 8 heteroatoms. The first-order valence-electron chi connectivity index (χ1n) is 6.63. The highest BCUT2D eigenvalue weighted by Crippen LogP contribution is 2.27. The van der Waals surface area contributed by atoms with Crippen LogP contribution in [0.1, 0.15) is 6.42 Å². The van der Waals surface area contributed by atoms with E-state index in [1.165, 1.54) is 13.2 Å². The number of carbonyl (C=O) groups excluding carboxylic acids is 2. The summed E-state index contributed by atoms with van der Waals surface area (Å²) >= 11 is 11.7. The molecule has 2 amide bonds. The molecule has 0 unspecified atom stereocenters. The van der Waals surface area contributed by atoms with Gasteiger partial charge in [0.25, 0.3) is 5.91 Å². The van der Waals surface area contributed by atoms with Crippen molar-refractivity contribution in [3.63, 3.8) is 0 Å². The molecule has 1 rings (SSSR count). The molecule has 0 aliphatic rings. The average Bonchev–Trinajstić information content (AvgIpc) is 2.48. The highest BCUT2D eigenvalue weighted by atomic mass is 35.5. The standard InChI is InChI=1S/C14H18Cl2N2O4/c1-21-7-4-13(19)17-5-6-18-14(20)9-22-12-3-2-10(15)8-11(12)16/h2-3,8H,4-7,9H2,1H3,(H,17,19)(H,18,20). The van der Waals surface area contributed by atoms with Gasteiger partial charge in [0.2, 0.25) is 5.91 Å². The quantitative estimate of drug-likeness (QED) is 0.665. The SMILES string of the molecule is COCCC(=O)NCCNC(=O)COc1ccc(Cl)cc1Cl. The van der Waals surface area contributed by atoms with Crippen LogP contribution in [0.15, 0.2) is 18.2 Å². The van der Waals surface area contributed by atoms with Gasteiger partial charge in [0, 0.05) is 31.6 Å². The Hall–Kier alpha value is -1.50. The molecule has 0 radical (unpaired) electrons. The zero-order valence-electron chi connectivity index (χ0n) is 12.2. The van der Waals surface area contributed by atoms with E-state index in [-0.39, 0.29) is 18.4 Å². The van der Waals surface area contributed by atoms with Gasteiger partial charge in [0.15, 0.2) is 6.61 Å². The van der Waals surface area contributed by atoms with E-state index in [0.717, 1.165) is 0 Å². The average molecular weight is 349 g/mol. The number of rotatable bonds is 9. The van der Waals surface area contributed by atoms with Crippen LogP contribution in [0.3, 0.4) is 0 Å². The molecule has 0 saturated heterocycles. The van der Waals surface area contributed by atoms with E-state index < -0.39 is 0 Å². The van der Waals surface area contributed by atoms with Crippen molar-refractivity contribution in [1.29, 1.82) is 0 Å². The van der Waals surface area contributed by atoms with Crippen molar-refractivity contribution in [3.8, 4) is 5.75 Å². The summed E-state index contributed by atoms with van der Waals surface area (Å²) in [5.74, 6) is -0.0495. The van der Waals surface area contributed by atoms with Crippen LogP contribution in [0, 0.1) is 0 Å². The lowest BCUT2D eigenvalue weighted by atomic mass is 10.3. The summed E-state index contributed by atoms with van der Waals surface area (Å²) in [6.07, 6.45) is 0.294. The van der Waals surface area contributed by atoms with Gasteiger partial charge in [0.05, 0.1) is 11.6 Å². The van der Waals surface area contributed by atoms with Crippen LogP contribution in [-0.2, 0) is 14.3 Å². The van der Waals surface area contributed by atoms with Crippen LogP contribution in [0.2, 0.25) is 10.0 Å². The maximum absolute atomic E-state index is 11.6. The first-order valence-corrected chi connectivity index (χ1v) is 7.38. The molecule has 6 nitrogen and oxygen atoms in total. The number of nitrogens with one attached hydrogen (secondary N) is 2. The van der Waals surface area contributed by atoms with E-state index in [0.29, 0.717) is 41.9 Å². The fourth-order valence-corrected chi connectivity index (χ4v) is 1.94. The first-order chi connectivity index (χ1) is 10.5. The van der Waals surface area contributed by atoms with Gasteiger partial charge in [-0.25, -0.2) is 0 Å². The van der Waals surface area contributed by atoms with Crippen LogP contribution in [0.25, 0.3) is 0 Å². The Morgan fingerprint density at radius 1 is 1.14 bits per heavy atom. The third kappa shape index (κ3) is 7.49. The number of ether oxygens (including phenoxy) is 2. The van der Waals surface area contributed by atoms with Crippen LogP contribution in [0.5, 0.6) is 5.75 Å². The Morgan fingerprint density at radius 2 is 1.82 bits per heavy atom. The third-order valence-electron chi connectivity index (χ3n) is 2.56. The second kappa shape index (κ2) is 10.3. The van der Waals surface area contributed by atoms with Crippen molar-refractivity contribution in [1.82, 2.24) is 10.6 Å². The Bertz CT molecular complexity index is 512. The van der Waals surface area contributed by atoms with Crippen molar-refractivity contribution >= 4 is 35.0 Å². The van der Waals surface area contributed by atoms with E-state index >= 15 is 0 Å². The minimum Gasteiger partial charge on any atom is -0.482 e. The lowest BCUT2D eigenvalue weighted by Gasteiger charge is -2.09. The summed E-state index contributed by atoms with van der Waals surface area (Å²) in [7, 11) is 1.53. The maximum Gasteiger partial charge on any atom is 0.258 e. The van der Waals surface area contributed by atoms with Gasteiger partial charge in [-0.1, -0.05) is 23.2 Å². The smallest absolute Gasteiger partial charge is 0.258 e. The van der Waals surface area contributed by atoms with Crippen molar-refractivity contribution in [2.45, 2.75) is 6.42 Å². The monoisotopic (exact) mass is 348 g/mol. The van der Waals surface area contributed by atoms with E-state index in [9.17, 15) is 9.59 Å². The molecule has 2 N–H and O–H groups in total. The van der Waals surface area contributed by atoms with Crippen molar-refractivity contribution in [2.24, 2.45) is 0 Å². The molecular weight excluding hydrogens is 331 g/mol. The topological polar surface area (TPSA) is 76.7 Å². The molecule has 0 fully saturated rings. The highest BCUT2D eigenvalue weighted by Gasteiger charge is 2.06. The zero-order valence-corrected chi connectivity index (χ0v) is 13.7. The fourth-order valence-electron chi connectivity index (χ4n) is 1.47. The van der Waals surface area contributed by atoms with Gasteiger partial charge >= 0.3 is 0 Å². The van der Waals surface area contributed by atoms with Crippen LogP contribution in [-0.4, -0.2) is 45.2 Å². The van der Waals surface area contributed by atoms with Gasteiger partial charge in [0.1, 0.15) is 5.75 Å². The van der Waals surface area contributed by atoms with Crippen molar-refractivity contribution in [3.05, 3.63) is 28.2 Å². The Morgan fingerprint density at radius 3 is 2.45 bits per heavy atom. The molecule has 0 heterocycles. The predicted octanol–water partition coefficient (Wildman–Crippen LogP) is 1.64. The summed E-state index contributed by atoms with van der Waals surface area (Å²) in [5.41, 5.74) is 0. The number of hydrogen-bond acceptors (Lipinski definition) is 4. The zero-order chi connectivity index (χ0) is 16.4. The Balaban J connectivity index is 2.17. The minimum absolute atomic E-state index is 0.125. The molecule has 0 spiro atoms. The summed E-state index contributed by atoms with van der Waals surface area (Å²) in [6, 6.07) is 4.75. The minimum atomic E-state index is -0.308. The number of carbonyl (C=O) groups is 2. The molecule has 0 aliphatic carbocycles. The number of methoxy groups -OCH3 is 1. The Kier molecular flexibility index (Phi) is 8.65. The molecule has 0 aliphatic heterocycles. The molecule has 0 saturated carbocycles. The van der Waals surface area contributed by atoms with Crippen LogP contribution >= 0.6 is 23.2 Å². The highest BCUT2D eigenvalue weighted by molar-refractivity contribution is 6.35. The van der Waals surface area contributed by atoms with Gasteiger partial charge in [-0.05, 0) is 18.2 Å². The molecular formula is C14H18Cl2N2O4. The molecule has 22 heavy (non-hydrogen) atoms. The maximum atomic E-state index is 11.6. The lowest BCUT2D eigenvalue weighted by Crippen LogP contribution is -2.37. The number of amides is 2. The molecule has 1 aromatic carbocycles. The summed E-state index contributed by atoms with van der Waals surface area (Å²) in [5, 5.41) is 6.10. The second-order valence-electron chi connectivity index (χ2n) is 4.31. The Labute approximate surface area is 139 Å². The van der Waals surface area contributed by atoms with Gasteiger partial charge in [-0.2, -0.15) is 0 Å². The first kappa shape index (κ1) is 18.5. The largest absolute Gasteiger partial charge is 0.482 e. The lowest BCUT2D eigenvalue weighted by molar-refractivity contribution is -0.124. The predicted molar refractivity (Wildman–Crippen MR) is 84.5 cm³/mol. The normalized spacial score (nSPS) is 10.1.